The highest BCUT2D eigenvalue weighted by atomic mass is 35.5. The average molecular weight is 239 g/mol. The maximum absolute atomic E-state index is 10.8. The molecule has 2 rings (SSSR count). The summed E-state index contributed by atoms with van der Waals surface area (Å²) in [5.74, 6) is -0.832. The Labute approximate surface area is 97.6 Å². The summed E-state index contributed by atoms with van der Waals surface area (Å²) >= 11 is 6.04. The second kappa shape index (κ2) is 3.83. The van der Waals surface area contributed by atoms with Gasteiger partial charge in [-0.1, -0.05) is 25.4 Å². The highest BCUT2D eigenvalue weighted by molar-refractivity contribution is 6.35. The summed E-state index contributed by atoms with van der Waals surface area (Å²) < 4.78 is 5.16. The third-order valence-corrected chi connectivity index (χ3v) is 2.75. The zero-order valence-electron chi connectivity index (χ0n) is 8.95. The molecule has 0 aliphatic rings. The van der Waals surface area contributed by atoms with Crippen LogP contribution in [0.3, 0.4) is 0 Å². The summed E-state index contributed by atoms with van der Waals surface area (Å²) in [6.45, 7) is 4.10. The first kappa shape index (κ1) is 11.0. The number of fused-ring (bicyclic) bond motifs is 1. The molecule has 0 radical (unpaired) electrons. The molecule has 0 saturated carbocycles. The zero-order valence-corrected chi connectivity index (χ0v) is 9.71. The zero-order chi connectivity index (χ0) is 11.9. The van der Waals surface area contributed by atoms with Gasteiger partial charge in [-0.05, 0) is 29.7 Å². The topological polar surface area (TPSA) is 50.4 Å². The van der Waals surface area contributed by atoms with Gasteiger partial charge in [0.2, 0.25) is 5.76 Å². The Balaban J connectivity index is 2.68. The van der Waals surface area contributed by atoms with E-state index in [1.54, 1.807) is 0 Å². The SMILES string of the molecule is CC(C)c1cc(Cl)c2oc(C(=O)O)cc2c1. The summed E-state index contributed by atoms with van der Waals surface area (Å²) in [6, 6.07) is 5.21. The van der Waals surface area contributed by atoms with Crippen molar-refractivity contribution < 1.29 is 14.3 Å². The lowest BCUT2D eigenvalue weighted by Gasteiger charge is -2.05. The predicted octanol–water partition coefficient (Wildman–Crippen LogP) is 3.91. The van der Waals surface area contributed by atoms with Gasteiger partial charge in [0.05, 0.1) is 5.02 Å². The lowest BCUT2D eigenvalue weighted by molar-refractivity contribution is 0.0665. The van der Waals surface area contributed by atoms with Crippen LogP contribution in [-0.4, -0.2) is 11.1 Å². The first-order valence-electron chi connectivity index (χ1n) is 4.95. The molecular weight excluding hydrogens is 228 g/mol. The molecule has 1 N–H and O–H groups in total. The summed E-state index contributed by atoms with van der Waals surface area (Å²) in [5.41, 5.74) is 1.50. The van der Waals surface area contributed by atoms with Crippen LogP contribution < -0.4 is 0 Å². The van der Waals surface area contributed by atoms with Crippen molar-refractivity contribution in [2.24, 2.45) is 0 Å². The molecule has 0 spiro atoms. The Morgan fingerprint density at radius 1 is 1.38 bits per heavy atom. The van der Waals surface area contributed by atoms with Crippen molar-refractivity contribution in [1.29, 1.82) is 0 Å². The van der Waals surface area contributed by atoms with Gasteiger partial charge in [0, 0.05) is 5.39 Å². The van der Waals surface area contributed by atoms with E-state index in [0.29, 0.717) is 16.5 Å². The number of rotatable bonds is 2. The monoisotopic (exact) mass is 238 g/mol. The molecule has 0 aliphatic carbocycles. The molecule has 3 nitrogen and oxygen atoms in total. The van der Waals surface area contributed by atoms with Gasteiger partial charge in [0.15, 0.2) is 5.58 Å². The summed E-state index contributed by atoms with van der Waals surface area (Å²) in [7, 11) is 0. The lowest BCUT2D eigenvalue weighted by Crippen LogP contribution is -1.91. The fourth-order valence-corrected chi connectivity index (χ4v) is 1.84. The minimum atomic E-state index is -1.08. The molecule has 0 unspecified atom stereocenters. The molecule has 0 saturated heterocycles. The van der Waals surface area contributed by atoms with Crippen molar-refractivity contribution in [3.05, 3.63) is 34.5 Å². The largest absolute Gasteiger partial charge is 0.475 e. The Morgan fingerprint density at radius 3 is 2.62 bits per heavy atom. The molecule has 16 heavy (non-hydrogen) atoms. The second-order valence-electron chi connectivity index (χ2n) is 3.99. The Bertz CT molecular complexity index is 555. The van der Waals surface area contributed by atoms with E-state index < -0.39 is 5.97 Å². The van der Waals surface area contributed by atoms with Crippen LogP contribution in [0.2, 0.25) is 5.02 Å². The van der Waals surface area contributed by atoms with Crippen molar-refractivity contribution in [2.75, 3.05) is 0 Å². The molecule has 84 valence electrons. The number of hydrogen-bond acceptors (Lipinski definition) is 2. The number of aromatic carboxylic acids is 1. The van der Waals surface area contributed by atoms with E-state index in [1.807, 2.05) is 12.1 Å². The second-order valence-corrected chi connectivity index (χ2v) is 4.40. The van der Waals surface area contributed by atoms with Crippen LogP contribution in [-0.2, 0) is 0 Å². The van der Waals surface area contributed by atoms with E-state index in [0.717, 1.165) is 10.9 Å². The van der Waals surface area contributed by atoms with E-state index in [1.165, 1.54) is 6.07 Å². The predicted molar refractivity (Wildman–Crippen MR) is 62.3 cm³/mol. The molecule has 0 fully saturated rings. The van der Waals surface area contributed by atoms with Crippen LogP contribution in [0, 0.1) is 0 Å². The quantitative estimate of drug-likeness (QED) is 0.863. The van der Waals surface area contributed by atoms with E-state index in [2.05, 4.69) is 13.8 Å². The van der Waals surface area contributed by atoms with Gasteiger partial charge in [0.1, 0.15) is 0 Å². The summed E-state index contributed by atoms with van der Waals surface area (Å²) in [4.78, 5) is 10.8. The van der Waals surface area contributed by atoms with Gasteiger partial charge < -0.3 is 9.52 Å². The van der Waals surface area contributed by atoms with Crippen LogP contribution in [0.5, 0.6) is 0 Å². The summed E-state index contributed by atoms with van der Waals surface area (Å²) in [5, 5.41) is 10.0. The van der Waals surface area contributed by atoms with Gasteiger partial charge in [-0.2, -0.15) is 0 Å². The molecule has 0 amide bonds. The van der Waals surface area contributed by atoms with Crippen molar-refractivity contribution in [3.63, 3.8) is 0 Å². The van der Waals surface area contributed by atoms with Crippen molar-refractivity contribution in [3.8, 4) is 0 Å². The van der Waals surface area contributed by atoms with Crippen molar-refractivity contribution in [1.82, 2.24) is 0 Å². The van der Waals surface area contributed by atoms with Crippen LogP contribution in [0.25, 0.3) is 11.0 Å². The minimum absolute atomic E-state index is 0.0854. The van der Waals surface area contributed by atoms with Crippen LogP contribution >= 0.6 is 11.6 Å². The number of halogens is 1. The number of carbonyl (C=O) groups is 1. The van der Waals surface area contributed by atoms with E-state index in [-0.39, 0.29) is 5.76 Å². The third kappa shape index (κ3) is 1.78. The number of carboxylic acid groups (broad SMARTS) is 1. The molecular formula is C12H11ClO3. The number of hydrogen-bond donors (Lipinski definition) is 1. The Hall–Kier alpha value is -1.48. The number of carboxylic acids is 1. The molecule has 1 aromatic heterocycles. The highest BCUT2D eigenvalue weighted by Gasteiger charge is 2.14. The first-order valence-corrected chi connectivity index (χ1v) is 5.33. The third-order valence-electron chi connectivity index (χ3n) is 2.47. The van der Waals surface area contributed by atoms with Gasteiger partial charge in [-0.25, -0.2) is 4.79 Å². The maximum atomic E-state index is 10.8. The van der Waals surface area contributed by atoms with Gasteiger partial charge in [-0.3, -0.25) is 0 Å². The number of furan rings is 1. The molecule has 0 atom stereocenters. The van der Waals surface area contributed by atoms with Crippen molar-refractivity contribution in [2.45, 2.75) is 19.8 Å². The first-order chi connectivity index (χ1) is 7.49. The molecule has 0 bridgehead atoms. The molecule has 0 aliphatic heterocycles. The molecule has 2 aromatic rings. The number of benzene rings is 1. The fraction of sp³-hybridized carbons (Fsp3) is 0.250. The fourth-order valence-electron chi connectivity index (χ4n) is 1.57. The van der Waals surface area contributed by atoms with Crippen LogP contribution in [0.15, 0.2) is 22.6 Å². The standard InChI is InChI=1S/C12H11ClO3/c1-6(2)7-3-8-5-10(12(14)15)16-11(8)9(13)4-7/h3-6H,1-2H3,(H,14,15). The van der Waals surface area contributed by atoms with E-state index in [9.17, 15) is 4.79 Å². The van der Waals surface area contributed by atoms with Gasteiger partial charge in [0.25, 0.3) is 0 Å². The van der Waals surface area contributed by atoms with Gasteiger partial charge >= 0.3 is 5.97 Å². The molecule has 4 heteroatoms. The van der Waals surface area contributed by atoms with E-state index in [4.69, 9.17) is 21.1 Å². The normalized spacial score (nSPS) is 11.2. The Morgan fingerprint density at radius 2 is 2.06 bits per heavy atom. The maximum Gasteiger partial charge on any atom is 0.371 e. The smallest absolute Gasteiger partial charge is 0.371 e. The van der Waals surface area contributed by atoms with Crippen molar-refractivity contribution >= 4 is 28.5 Å². The molecule has 1 aromatic carbocycles. The molecule has 1 heterocycles. The van der Waals surface area contributed by atoms with Crippen LogP contribution in [0.1, 0.15) is 35.9 Å². The van der Waals surface area contributed by atoms with E-state index >= 15 is 0 Å². The van der Waals surface area contributed by atoms with Crippen LogP contribution in [0.4, 0.5) is 0 Å². The Kier molecular flexibility index (Phi) is 2.64. The summed E-state index contributed by atoms with van der Waals surface area (Å²) in [6.07, 6.45) is 0. The average Bonchev–Trinajstić information content (AvgIpc) is 2.61. The van der Waals surface area contributed by atoms with Gasteiger partial charge in [-0.15, -0.1) is 0 Å². The minimum Gasteiger partial charge on any atom is -0.475 e. The highest BCUT2D eigenvalue weighted by Crippen LogP contribution is 2.31. The lowest BCUT2D eigenvalue weighted by atomic mass is 10.0.